The molecule has 0 aromatic heterocycles. The van der Waals surface area contributed by atoms with Crippen LogP contribution in [0.4, 0.5) is 0 Å². The van der Waals surface area contributed by atoms with Crippen molar-refractivity contribution in [1.29, 1.82) is 0 Å². The number of hydrogen-bond acceptors (Lipinski definition) is 4. The van der Waals surface area contributed by atoms with Crippen LogP contribution in [0, 0.1) is 0 Å². The molecule has 0 heterocycles. The summed E-state index contributed by atoms with van der Waals surface area (Å²) in [5.74, 6) is -1.69. The molecule has 6 heteroatoms. The first kappa shape index (κ1) is 8.60. The Balaban J connectivity index is 3.75. The fourth-order valence-electron chi connectivity index (χ4n) is 0.226. The van der Waals surface area contributed by atoms with Gasteiger partial charge in [-0.2, -0.15) is 0 Å². The lowest BCUT2D eigenvalue weighted by molar-refractivity contribution is -0.126. The van der Waals surface area contributed by atoms with E-state index in [1.807, 2.05) is 0 Å². The highest BCUT2D eigenvalue weighted by molar-refractivity contribution is 5.95. The molecule has 0 aliphatic carbocycles. The monoisotopic (exact) mass is 146 g/mol. The van der Waals surface area contributed by atoms with E-state index < -0.39 is 11.8 Å². The minimum absolute atomic E-state index is 0.756. The predicted octanol–water partition coefficient (Wildman–Crippen LogP) is -1.45. The number of amides is 2. The van der Waals surface area contributed by atoms with Gasteiger partial charge < -0.3 is 0 Å². The molecule has 0 spiro atoms. The molecular weight excluding hydrogens is 140 g/mol. The van der Waals surface area contributed by atoms with Gasteiger partial charge in [-0.15, -0.1) is 0 Å². The third kappa shape index (κ3) is 3.58. The van der Waals surface area contributed by atoms with Crippen molar-refractivity contribution in [3.63, 3.8) is 0 Å². The molecule has 0 aromatic rings. The normalized spacial score (nSPS) is 9.40. The van der Waals surface area contributed by atoms with Gasteiger partial charge in [-0.25, -0.2) is 11.0 Å². The summed E-state index contributed by atoms with van der Waals surface area (Å²) in [7, 11) is 0. The Kier molecular flexibility index (Phi) is 3.85. The summed E-state index contributed by atoms with van der Waals surface area (Å²) in [5, 5.41) is 15.8. The molecule has 0 fully saturated rings. The van der Waals surface area contributed by atoms with Crippen molar-refractivity contribution in [2.75, 3.05) is 0 Å². The van der Waals surface area contributed by atoms with Crippen molar-refractivity contribution < 1.29 is 20.0 Å². The topological polar surface area (TPSA) is 98.7 Å². The van der Waals surface area contributed by atoms with Crippen LogP contribution in [0.15, 0.2) is 12.2 Å². The number of rotatable bonds is 2. The van der Waals surface area contributed by atoms with Gasteiger partial charge in [0.1, 0.15) is 0 Å². The summed E-state index contributed by atoms with van der Waals surface area (Å²) in [6.07, 6.45) is 1.51. The maximum absolute atomic E-state index is 10.1. The van der Waals surface area contributed by atoms with Gasteiger partial charge in [0.05, 0.1) is 0 Å². The van der Waals surface area contributed by atoms with E-state index in [-0.39, 0.29) is 0 Å². The fraction of sp³-hybridized carbons (Fsp3) is 0. The fourth-order valence-corrected chi connectivity index (χ4v) is 0.226. The molecule has 56 valence electrons. The largest absolute Gasteiger partial charge is 0.288 e. The molecule has 6 nitrogen and oxygen atoms in total. The number of hydrogen-bond donors (Lipinski definition) is 4. The molecule has 4 N–H and O–H groups in total. The highest BCUT2D eigenvalue weighted by atomic mass is 16.5. The van der Waals surface area contributed by atoms with Crippen molar-refractivity contribution in [3.8, 4) is 0 Å². The van der Waals surface area contributed by atoms with Crippen LogP contribution >= 0.6 is 0 Å². The Morgan fingerprint density at radius 2 is 1.30 bits per heavy atom. The number of nitrogens with one attached hydrogen (secondary N) is 2. The van der Waals surface area contributed by atoms with E-state index in [0.29, 0.717) is 0 Å². The van der Waals surface area contributed by atoms with E-state index in [2.05, 4.69) is 0 Å². The third-order valence-electron chi connectivity index (χ3n) is 0.606. The average molecular weight is 146 g/mol. The molecule has 0 rings (SSSR count). The van der Waals surface area contributed by atoms with Crippen LogP contribution in [0.3, 0.4) is 0 Å². The van der Waals surface area contributed by atoms with Crippen molar-refractivity contribution in [2.45, 2.75) is 0 Å². The summed E-state index contributed by atoms with van der Waals surface area (Å²) in [4.78, 5) is 20.2. The van der Waals surface area contributed by atoms with Gasteiger partial charge in [0, 0.05) is 12.2 Å². The van der Waals surface area contributed by atoms with E-state index in [0.717, 1.165) is 12.2 Å². The van der Waals surface area contributed by atoms with Gasteiger partial charge in [-0.1, -0.05) is 0 Å². The molecule has 0 aromatic carbocycles. The van der Waals surface area contributed by atoms with Crippen LogP contribution in [0.25, 0.3) is 0 Å². The van der Waals surface area contributed by atoms with Crippen LogP contribution in [0.5, 0.6) is 0 Å². The second-order valence-electron chi connectivity index (χ2n) is 1.29. The standard InChI is InChI=1S/C4H6N2O4/c7-3(5-9)1-2-4(8)6-10/h1-2,9-10H,(H,5,7)(H,6,8)/b2-1+. The van der Waals surface area contributed by atoms with Crippen LogP contribution < -0.4 is 11.0 Å². The minimum Gasteiger partial charge on any atom is -0.288 e. The Bertz CT molecular complexity index is 147. The molecule has 0 unspecified atom stereocenters. The van der Waals surface area contributed by atoms with Crippen LogP contribution in [-0.4, -0.2) is 22.2 Å². The summed E-state index contributed by atoms with van der Waals surface area (Å²) in [6, 6.07) is 0. The lowest BCUT2D eigenvalue weighted by Crippen LogP contribution is -2.19. The highest BCUT2D eigenvalue weighted by Gasteiger charge is 1.92. The smallest absolute Gasteiger partial charge is 0.267 e. The second-order valence-corrected chi connectivity index (χ2v) is 1.29. The first-order valence-electron chi connectivity index (χ1n) is 2.27. The van der Waals surface area contributed by atoms with Gasteiger partial charge in [0.2, 0.25) is 0 Å². The molecule has 2 amide bonds. The molecule has 0 atom stereocenters. The van der Waals surface area contributed by atoms with E-state index in [1.165, 1.54) is 11.0 Å². The number of carbonyl (C=O) groups is 2. The minimum atomic E-state index is -0.844. The molecule has 0 saturated carbocycles. The van der Waals surface area contributed by atoms with Crippen LogP contribution in [0.2, 0.25) is 0 Å². The van der Waals surface area contributed by atoms with E-state index in [4.69, 9.17) is 10.4 Å². The zero-order chi connectivity index (χ0) is 7.98. The SMILES string of the molecule is O=C(/C=C/C(=O)NO)NO. The van der Waals surface area contributed by atoms with Crippen molar-refractivity contribution in [3.05, 3.63) is 12.2 Å². The summed E-state index contributed by atoms with van der Waals surface area (Å²) in [6.45, 7) is 0. The van der Waals surface area contributed by atoms with Crippen LogP contribution in [0.1, 0.15) is 0 Å². The molecule has 0 bridgehead atoms. The van der Waals surface area contributed by atoms with Gasteiger partial charge in [-0.05, 0) is 0 Å². The summed E-state index contributed by atoms with van der Waals surface area (Å²) in [5.41, 5.74) is 2.51. The lowest BCUT2D eigenvalue weighted by atomic mass is 10.5. The average Bonchev–Trinajstić information content (AvgIpc) is 1.99. The Morgan fingerprint density at radius 1 is 1.00 bits per heavy atom. The van der Waals surface area contributed by atoms with Crippen LogP contribution in [-0.2, 0) is 9.59 Å². The Labute approximate surface area is 56.1 Å². The third-order valence-corrected chi connectivity index (χ3v) is 0.606. The molecule has 0 saturated heterocycles. The molecule has 10 heavy (non-hydrogen) atoms. The van der Waals surface area contributed by atoms with Gasteiger partial charge in [-0.3, -0.25) is 20.0 Å². The summed E-state index contributed by atoms with van der Waals surface area (Å²) < 4.78 is 0. The van der Waals surface area contributed by atoms with Crippen molar-refractivity contribution in [2.24, 2.45) is 0 Å². The quantitative estimate of drug-likeness (QED) is 0.217. The van der Waals surface area contributed by atoms with Crippen molar-refractivity contribution in [1.82, 2.24) is 11.0 Å². The van der Waals surface area contributed by atoms with E-state index in [1.54, 1.807) is 0 Å². The number of hydroxylamine groups is 2. The molecule has 0 aliphatic heterocycles. The van der Waals surface area contributed by atoms with Crippen molar-refractivity contribution >= 4 is 11.8 Å². The van der Waals surface area contributed by atoms with E-state index in [9.17, 15) is 9.59 Å². The van der Waals surface area contributed by atoms with Gasteiger partial charge in [0.25, 0.3) is 11.8 Å². The lowest BCUT2D eigenvalue weighted by Gasteiger charge is -1.88. The number of carbonyl (C=O) groups excluding carboxylic acids is 2. The predicted molar refractivity (Wildman–Crippen MR) is 29.0 cm³/mol. The maximum atomic E-state index is 10.1. The first-order chi connectivity index (χ1) is 4.70. The zero-order valence-electron chi connectivity index (χ0n) is 4.87. The zero-order valence-corrected chi connectivity index (χ0v) is 4.87. The second kappa shape index (κ2) is 4.48. The Hall–Kier alpha value is -1.40. The molecular formula is C4H6N2O4. The maximum Gasteiger partial charge on any atom is 0.267 e. The highest BCUT2D eigenvalue weighted by Crippen LogP contribution is 1.71. The molecule has 0 aliphatic rings. The first-order valence-corrected chi connectivity index (χ1v) is 2.27. The van der Waals surface area contributed by atoms with Gasteiger partial charge >= 0.3 is 0 Å². The Morgan fingerprint density at radius 3 is 1.50 bits per heavy atom. The molecule has 0 radical (unpaired) electrons. The van der Waals surface area contributed by atoms with E-state index >= 15 is 0 Å². The summed E-state index contributed by atoms with van der Waals surface area (Å²) >= 11 is 0. The van der Waals surface area contributed by atoms with Gasteiger partial charge in [0.15, 0.2) is 0 Å².